The number of hydrogen-bond acceptors (Lipinski definition) is 5. The maximum absolute atomic E-state index is 5.78. The second kappa shape index (κ2) is 9.83. The van der Waals surface area contributed by atoms with Gasteiger partial charge in [0.05, 0.1) is 5.69 Å². The van der Waals surface area contributed by atoms with Crippen LogP contribution in [0.1, 0.15) is 41.6 Å². The highest BCUT2D eigenvalue weighted by atomic mass is 32.1. The van der Waals surface area contributed by atoms with E-state index in [1.165, 1.54) is 5.56 Å². The molecule has 1 aliphatic heterocycles. The standard InChI is InChI=1S/C22H29N3OS/c1-4-7-26-20-9-17(5-6-22-25-21(15-27-22)16(2)3)8-18(10-20)11-23-12-19-13-24-14-19/h4-6,8-10,15-16,19,23-24H,1,7,11-14H2,2-3H3/b6-5+. The summed E-state index contributed by atoms with van der Waals surface area (Å²) in [5, 5.41) is 10.0. The summed E-state index contributed by atoms with van der Waals surface area (Å²) in [5.74, 6) is 2.09. The molecule has 27 heavy (non-hydrogen) atoms. The SMILES string of the molecule is C=CCOc1cc(/C=C/c2nc(C(C)C)cs2)cc(CNCC2CNC2)c1. The Kier molecular flexibility index (Phi) is 7.21. The average Bonchev–Trinajstić information content (AvgIpc) is 3.10. The van der Waals surface area contributed by atoms with Crippen LogP contribution in [0.15, 0.2) is 36.2 Å². The van der Waals surface area contributed by atoms with Gasteiger partial charge in [0, 0.05) is 31.6 Å². The maximum Gasteiger partial charge on any atom is 0.120 e. The van der Waals surface area contributed by atoms with E-state index in [1.54, 1.807) is 17.4 Å². The summed E-state index contributed by atoms with van der Waals surface area (Å²) >= 11 is 1.68. The molecule has 3 rings (SSSR count). The minimum Gasteiger partial charge on any atom is -0.490 e. The zero-order chi connectivity index (χ0) is 19.1. The molecule has 0 saturated carbocycles. The Hall–Kier alpha value is -1.95. The summed E-state index contributed by atoms with van der Waals surface area (Å²) in [5.41, 5.74) is 3.50. The number of nitrogens with one attached hydrogen (secondary N) is 2. The van der Waals surface area contributed by atoms with Gasteiger partial charge in [0.25, 0.3) is 0 Å². The number of thiazole rings is 1. The summed E-state index contributed by atoms with van der Waals surface area (Å²) in [6.07, 6.45) is 5.97. The van der Waals surface area contributed by atoms with E-state index in [9.17, 15) is 0 Å². The first-order chi connectivity index (χ1) is 13.1. The van der Waals surface area contributed by atoms with Crippen LogP contribution >= 0.6 is 11.3 Å². The Labute approximate surface area is 166 Å². The predicted octanol–water partition coefficient (Wildman–Crippen LogP) is 4.31. The molecule has 2 aromatic rings. The van der Waals surface area contributed by atoms with Crippen molar-refractivity contribution in [2.75, 3.05) is 26.2 Å². The van der Waals surface area contributed by atoms with Crippen molar-refractivity contribution in [1.29, 1.82) is 0 Å². The molecule has 0 radical (unpaired) electrons. The molecule has 1 aliphatic rings. The third-order valence-corrected chi connectivity index (χ3v) is 5.36. The van der Waals surface area contributed by atoms with Crippen LogP contribution in [0.25, 0.3) is 12.2 Å². The molecule has 1 saturated heterocycles. The Bertz CT molecular complexity index is 778. The molecule has 1 aromatic carbocycles. The van der Waals surface area contributed by atoms with E-state index in [0.29, 0.717) is 12.5 Å². The lowest BCUT2D eigenvalue weighted by Crippen LogP contribution is -2.47. The minimum absolute atomic E-state index is 0.461. The quantitative estimate of drug-likeness (QED) is 0.600. The van der Waals surface area contributed by atoms with E-state index in [1.807, 2.05) is 0 Å². The lowest BCUT2D eigenvalue weighted by atomic mass is 10.0. The van der Waals surface area contributed by atoms with Gasteiger partial charge >= 0.3 is 0 Å². The molecule has 0 spiro atoms. The van der Waals surface area contributed by atoms with Crippen molar-refractivity contribution in [3.63, 3.8) is 0 Å². The van der Waals surface area contributed by atoms with Gasteiger partial charge < -0.3 is 15.4 Å². The number of rotatable bonds is 10. The van der Waals surface area contributed by atoms with Crippen LogP contribution in [-0.2, 0) is 6.54 Å². The van der Waals surface area contributed by atoms with E-state index in [-0.39, 0.29) is 0 Å². The van der Waals surface area contributed by atoms with E-state index in [0.717, 1.165) is 54.1 Å². The fourth-order valence-corrected chi connectivity index (χ4v) is 3.72. The highest BCUT2D eigenvalue weighted by molar-refractivity contribution is 7.10. The molecule has 5 heteroatoms. The van der Waals surface area contributed by atoms with Crippen LogP contribution in [0.3, 0.4) is 0 Å². The van der Waals surface area contributed by atoms with Gasteiger partial charge in [0.15, 0.2) is 0 Å². The molecule has 2 N–H and O–H groups in total. The van der Waals surface area contributed by atoms with Gasteiger partial charge in [-0.25, -0.2) is 4.98 Å². The summed E-state index contributed by atoms with van der Waals surface area (Å²) in [4.78, 5) is 4.67. The number of aromatic nitrogens is 1. The molecule has 0 unspecified atom stereocenters. The molecular weight excluding hydrogens is 354 g/mol. The summed E-state index contributed by atoms with van der Waals surface area (Å²) in [7, 11) is 0. The second-order valence-electron chi connectivity index (χ2n) is 7.26. The van der Waals surface area contributed by atoms with Gasteiger partial charge in [-0.05, 0) is 41.2 Å². The molecule has 144 valence electrons. The molecule has 0 aliphatic carbocycles. The fourth-order valence-electron chi connectivity index (χ4n) is 2.85. The minimum atomic E-state index is 0.461. The Morgan fingerprint density at radius 1 is 1.33 bits per heavy atom. The average molecular weight is 384 g/mol. The van der Waals surface area contributed by atoms with Crippen LogP contribution in [0.2, 0.25) is 0 Å². The highest BCUT2D eigenvalue weighted by Crippen LogP contribution is 2.22. The zero-order valence-corrected chi connectivity index (χ0v) is 17.0. The first-order valence-corrected chi connectivity index (χ1v) is 10.4. The van der Waals surface area contributed by atoms with Crippen LogP contribution in [0.4, 0.5) is 0 Å². The van der Waals surface area contributed by atoms with Crippen molar-refractivity contribution in [2.24, 2.45) is 5.92 Å². The van der Waals surface area contributed by atoms with Crippen molar-refractivity contribution in [1.82, 2.24) is 15.6 Å². The van der Waals surface area contributed by atoms with Crippen LogP contribution < -0.4 is 15.4 Å². The van der Waals surface area contributed by atoms with Crippen molar-refractivity contribution in [3.05, 3.63) is 58.1 Å². The van der Waals surface area contributed by atoms with Crippen molar-refractivity contribution in [2.45, 2.75) is 26.3 Å². The number of nitrogens with zero attached hydrogens (tertiary/aromatic N) is 1. The number of benzene rings is 1. The molecular formula is C22H29N3OS. The number of ether oxygens (including phenoxy) is 1. The van der Waals surface area contributed by atoms with Crippen LogP contribution in [0, 0.1) is 5.92 Å². The highest BCUT2D eigenvalue weighted by Gasteiger charge is 2.15. The Morgan fingerprint density at radius 2 is 2.19 bits per heavy atom. The lowest BCUT2D eigenvalue weighted by Gasteiger charge is -2.27. The largest absolute Gasteiger partial charge is 0.490 e. The molecule has 0 atom stereocenters. The first-order valence-electron chi connectivity index (χ1n) is 9.56. The smallest absolute Gasteiger partial charge is 0.120 e. The van der Waals surface area contributed by atoms with E-state index in [2.05, 4.69) is 71.8 Å². The first kappa shape index (κ1) is 19.8. The van der Waals surface area contributed by atoms with E-state index < -0.39 is 0 Å². The van der Waals surface area contributed by atoms with Gasteiger partial charge in [-0.2, -0.15) is 0 Å². The van der Waals surface area contributed by atoms with Gasteiger partial charge in [-0.1, -0.05) is 38.6 Å². The van der Waals surface area contributed by atoms with Crippen molar-refractivity contribution < 1.29 is 4.74 Å². The topological polar surface area (TPSA) is 46.2 Å². The summed E-state index contributed by atoms with van der Waals surface area (Å²) in [6.45, 7) is 12.7. The molecule has 2 heterocycles. The molecule has 1 aromatic heterocycles. The van der Waals surface area contributed by atoms with Crippen molar-refractivity contribution in [3.8, 4) is 5.75 Å². The monoisotopic (exact) mass is 383 g/mol. The Morgan fingerprint density at radius 3 is 2.85 bits per heavy atom. The third kappa shape index (κ3) is 6.03. The van der Waals surface area contributed by atoms with Gasteiger partial charge in [-0.3, -0.25) is 0 Å². The second-order valence-corrected chi connectivity index (χ2v) is 8.15. The molecule has 1 fully saturated rings. The molecule has 0 amide bonds. The fraction of sp³-hybridized carbons (Fsp3) is 0.409. The van der Waals surface area contributed by atoms with Crippen LogP contribution in [-0.4, -0.2) is 31.2 Å². The molecule has 4 nitrogen and oxygen atoms in total. The predicted molar refractivity (Wildman–Crippen MR) is 115 cm³/mol. The maximum atomic E-state index is 5.78. The normalized spacial score (nSPS) is 14.6. The summed E-state index contributed by atoms with van der Waals surface area (Å²) < 4.78 is 5.78. The van der Waals surface area contributed by atoms with Crippen molar-refractivity contribution >= 4 is 23.5 Å². The zero-order valence-electron chi connectivity index (χ0n) is 16.2. The van der Waals surface area contributed by atoms with Gasteiger partial charge in [0.2, 0.25) is 0 Å². The van der Waals surface area contributed by atoms with Gasteiger partial charge in [0.1, 0.15) is 17.4 Å². The van der Waals surface area contributed by atoms with Gasteiger partial charge in [-0.15, -0.1) is 11.3 Å². The lowest BCUT2D eigenvalue weighted by molar-refractivity contribution is 0.331. The third-order valence-electron chi connectivity index (χ3n) is 4.53. The number of hydrogen-bond donors (Lipinski definition) is 2. The van der Waals surface area contributed by atoms with E-state index >= 15 is 0 Å². The van der Waals surface area contributed by atoms with E-state index in [4.69, 9.17) is 4.74 Å². The van der Waals surface area contributed by atoms with Crippen LogP contribution in [0.5, 0.6) is 5.75 Å². The summed E-state index contributed by atoms with van der Waals surface area (Å²) in [6, 6.07) is 6.38. The molecule has 0 bridgehead atoms. The Balaban J connectivity index is 1.69.